The average Bonchev–Trinajstić information content (AvgIpc) is 3.03. The van der Waals surface area contributed by atoms with Gasteiger partial charge in [-0.3, -0.25) is 0 Å². The molecule has 0 unspecified atom stereocenters. The number of carbonyl (C=O) groups is 1. The number of H-pyrrole nitrogens is 1. The van der Waals surface area contributed by atoms with Crippen molar-refractivity contribution in [2.24, 2.45) is 0 Å². The van der Waals surface area contributed by atoms with Crippen molar-refractivity contribution in [1.82, 2.24) is 20.2 Å². The molecular formula is C16H22N4O. The summed E-state index contributed by atoms with van der Waals surface area (Å²) in [7, 11) is 0. The second-order valence-electron chi connectivity index (χ2n) is 6.18. The molecule has 1 saturated heterocycles. The minimum absolute atomic E-state index is 0.0273. The Bertz CT molecular complexity index is 661. The molecule has 1 atom stereocenters. The van der Waals surface area contributed by atoms with Gasteiger partial charge in [-0.05, 0) is 44.9 Å². The number of urea groups is 1. The predicted molar refractivity (Wildman–Crippen MR) is 83.4 cm³/mol. The van der Waals surface area contributed by atoms with Gasteiger partial charge in [-0.2, -0.15) is 0 Å². The summed E-state index contributed by atoms with van der Waals surface area (Å²) in [6.07, 6.45) is 0.963. The molecule has 1 aliphatic rings. The van der Waals surface area contributed by atoms with E-state index >= 15 is 0 Å². The normalized spacial score (nSPS) is 18.7. The molecule has 2 heterocycles. The van der Waals surface area contributed by atoms with Gasteiger partial charge in [-0.15, -0.1) is 0 Å². The molecule has 0 spiro atoms. The van der Waals surface area contributed by atoms with E-state index in [1.165, 1.54) is 5.56 Å². The molecule has 0 radical (unpaired) electrons. The fraction of sp³-hybridized carbons (Fsp3) is 0.500. The zero-order valence-corrected chi connectivity index (χ0v) is 12.8. The summed E-state index contributed by atoms with van der Waals surface area (Å²) in [5.74, 6) is 1.30. The molecule has 5 heteroatoms. The number of likely N-dealkylation sites (tertiary alicyclic amines) is 1. The lowest BCUT2D eigenvalue weighted by Crippen LogP contribution is -2.41. The number of benzene rings is 1. The lowest BCUT2D eigenvalue weighted by atomic mass is 10.1. The predicted octanol–water partition coefficient (Wildman–Crippen LogP) is 2.78. The van der Waals surface area contributed by atoms with Gasteiger partial charge in [0.2, 0.25) is 0 Å². The van der Waals surface area contributed by atoms with Crippen LogP contribution >= 0.6 is 0 Å². The maximum absolute atomic E-state index is 12.0. The molecular weight excluding hydrogens is 264 g/mol. The first-order chi connectivity index (χ1) is 10.0. The first-order valence-electron chi connectivity index (χ1n) is 7.54. The van der Waals surface area contributed by atoms with Gasteiger partial charge in [0.1, 0.15) is 5.82 Å². The Morgan fingerprint density at radius 3 is 3.05 bits per heavy atom. The van der Waals surface area contributed by atoms with Crippen LogP contribution in [0.4, 0.5) is 4.79 Å². The molecule has 112 valence electrons. The number of hydrogen-bond donors (Lipinski definition) is 2. The Hall–Kier alpha value is -2.04. The zero-order valence-electron chi connectivity index (χ0n) is 12.8. The smallest absolute Gasteiger partial charge is 0.317 e. The van der Waals surface area contributed by atoms with Crippen LogP contribution in [0.25, 0.3) is 11.0 Å². The highest BCUT2D eigenvalue weighted by molar-refractivity contribution is 5.76. The molecule has 5 nitrogen and oxygen atoms in total. The maximum Gasteiger partial charge on any atom is 0.317 e. The molecule has 2 N–H and O–H groups in total. The number of rotatable bonds is 2. The number of nitrogens with one attached hydrogen (secondary N) is 2. The highest BCUT2D eigenvalue weighted by Gasteiger charge is 2.29. The van der Waals surface area contributed by atoms with E-state index in [1.807, 2.05) is 24.8 Å². The molecule has 3 rings (SSSR count). The molecule has 2 aromatic rings. The number of fused-ring (bicyclic) bond motifs is 1. The molecule has 1 aliphatic heterocycles. The minimum atomic E-state index is 0.0273. The van der Waals surface area contributed by atoms with Crippen LogP contribution < -0.4 is 5.32 Å². The summed E-state index contributed by atoms with van der Waals surface area (Å²) < 4.78 is 0. The number of imidazole rings is 1. The van der Waals surface area contributed by atoms with Crippen molar-refractivity contribution in [1.29, 1.82) is 0 Å². The highest BCUT2D eigenvalue weighted by Crippen LogP contribution is 2.27. The van der Waals surface area contributed by atoms with Gasteiger partial charge in [0.25, 0.3) is 0 Å². The molecule has 1 aromatic carbocycles. The molecule has 21 heavy (non-hydrogen) atoms. The molecule has 2 amide bonds. The topological polar surface area (TPSA) is 61.0 Å². The third-order valence-corrected chi connectivity index (χ3v) is 3.93. The largest absolute Gasteiger partial charge is 0.342 e. The first-order valence-corrected chi connectivity index (χ1v) is 7.54. The van der Waals surface area contributed by atoms with Crippen LogP contribution in [0, 0.1) is 6.92 Å². The van der Waals surface area contributed by atoms with E-state index in [2.05, 4.69) is 34.3 Å². The highest BCUT2D eigenvalue weighted by atomic mass is 16.2. The van der Waals surface area contributed by atoms with Gasteiger partial charge in [0, 0.05) is 25.0 Å². The van der Waals surface area contributed by atoms with Crippen molar-refractivity contribution in [3.63, 3.8) is 0 Å². The number of aromatic amines is 1. The second kappa shape index (κ2) is 5.39. The lowest BCUT2D eigenvalue weighted by Gasteiger charge is -2.18. The Balaban J connectivity index is 1.74. The Morgan fingerprint density at radius 2 is 2.29 bits per heavy atom. The Kier molecular flexibility index (Phi) is 3.57. The minimum Gasteiger partial charge on any atom is -0.342 e. The maximum atomic E-state index is 12.0. The van der Waals surface area contributed by atoms with Crippen LogP contribution in [-0.4, -0.2) is 40.0 Å². The van der Waals surface area contributed by atoms with E-state index in [4.69, 9.17) is 0 Å². The fourth-order valence-electron chi connectivity index (χ4n) is 2.84. The van der Waals surface area contributed by atoms with Gasteiger partial charge in [0.15, 0.2) is 0 Å². The van der Waals surface area contributed by atoms with E-state index in [0.717, 1.165) is 36.4 Å². The van der Waals surface area contributed by atoms with Crippen molar-refractivity contribution >= 4 is 17.1 Å². The molecule has 0 saturated carbocycles. The standard InChI is InChI=1S/C16H22N4O/c1-10(2)17-16(21)20-7-6-12(9-20)15-18-13-5-4-11(3)8-14(13)19-15/h4-5,8,10,12H,6-7,9H2,1-3H3,(H,17,21)(H,18,19)/t12-/m0/s1. The van der Waals surface area contributed by atoms with E-state index in [9.17, 15) is 4.79 Å². The Morgan fingerprint density at radius 1 is 1.48 bits per heavy atom. The van der Waals surface area contributed by atoms with E-state index in [0.29, 0.717) is 5.92 Å². The van der Waals surface area contributed by atoms with Crippen LogP contribution in [0.3, 0.4) is 0 Å². The van der Waals surface area contributed by atoms with Crippen LogP contribution in [0.1, 0.15) is 37.6 Å². The Labute approximate surface area is 124 Å². The number of aryl methyl sites for hydroxylation is 1. The summed E-state index contributed by atoms with van der Waals surface area (Å²) in [5, 5.41) is 2.95. The first kappa shape index (κ1) is 13.9. The van der Waals surface area contributed by atoms with Crippen molar-refractivity contribution in [2.45, 2.75) is 39.2 Å². The van der Waals surface area contributed by atoms with E-state index in [-0.39, 0.29) is 12.1 Å². The van der Waals surface area contributed by atoms with Gasteiger partial charge >= 0.3 is 6.03 Å². The van der Waals surface area contributed by atoms with Crippen LogP contribution in [-0.2, 0) is 0 Å². The molecule has 1 fully saturated rings. The number of aromatic nitrogens is 2. The zero-order chi connectivity index (χ0) is 15.0. The van der Waals surface area contributed by atoms with Gasteiger partial charge in [0.05, 0.1) is 11.0 Å². The molecule has 0 aliphatic carbocycles. The second-order valence-corrected chi connectivity index (χ2v) is 6.18. The van der Waals surface area contributed by atoms with E-state index in [1.54, 1.807) is 0 Å². The third-order valence-electron chi connectivity index (χ3n) is 3.93. The summed E-state index contributed by atoms with van der Waals surface area (Å²) in [4.78, 5) is 22.0. The third kappa shape index (κ3) is 2.86. The fourth-order valence-corrected chi connectivity index (χ4v) is 2.84. The average molecular weight is 286 g/mol. The number of carbonyl (C=O) groups excluding carboxylic acids is 1. The van der Waals surface area contributed by atoms with Crippen molar-refractivity contribution in [3.05, 3.63) is 29.6 Å². The molecule has 0 bridgehead atoms. The lowest BCUT2D eigenvalue weighted by molar-refractivity contribution is 0.205. The summed E-state index contributed by atoms with van der Waals surface area (Å²) in [6.45, 7) is 7.56. The van der Waals surface area contributed by atoms with Gasteiger partial charge in [-0.1, -0.05) is 6.07 Å². The SMILES string of the molecule is Cc1ccc2nc([C@H]3CCN(C(=O)NC(C)C)C3)[nH]c2c1. The number of amides is 2. The quantitative estimate of drug-likeness (QED) is 0.891. The van der Waals surface area contributed by atoms with Crippen molar-refractivity contribution < 1.29 is 4.79 Å². The van der Waals surface area contributed by atoms with Crippen LogP contribution in [0.5, 0.6) is 0 Å². The molecule has 1 aromatic heterocycles. The van der Waals surface area contributed by atoms with Gasteiger partial charge in [-0.25, -0.2) is 9.78 Å². The summed E-state index contributed by atoms with van der Waals surface area (Å²) in [6, 6.07) is 6.43. The van der Waals surface area contributed by atoms with Gasteiger partial charge < -0.3 is 15.2 Å². The summed E-state index contributed by atoms with van der Waals surface area (Å²) in [5.41, 5.74) is 3.30. The number of hydrogen-bond acceptors (Lipinski definition) is 2. The monoisotopic (exact) mass is 286 g/mol. The summed E-state index contributed by atoms with van der Waals surface area (Å²) >= 11 is 0. The van der Waals surface area contributed by atoms with E-state index < -0.39 is 0 Å². The van der Waals surface area contributed by atoms with Crippen molar-refractivity contribution in [3.8, 4) is 0 Å². The van der Waals surface area contributed by atoms with Crippen molar-refractivity contribution in [2.75, 3.05) is 13.1 Å². The van der Waals surface area contributed by atoms with Crippen LogP contribution in [0.15, 0.2) is 18.2 Å². The van der Waals surface area contributed by atoms with Crippen LogP contribution in [0.2, 0.25) is 0 Å². The number of nitrogens with zero attached hydrogens (tertiary/aromatic N) is 2.